The van der Waals surface area contributed by atoms with Crippen LogP contribution in [0.5, 0.6) is 0 Å². The molecule has 0 spiro atoms. The van der Waals surface area contributed by atoms with Crippen molar-refractivity contribution in [3.63, 3.8) is 0 Å². The highest BCUT2D eigenvalue weighted by Gasteiger charge is 2.30. The van der Waals surface area contributed by atoms with Gasteiger partial charge in [-0.2, -0.15) is 13.2 Å². The molecule has 2 rings (SSSR count). The predicted octanol–water partition coefficient (Wildman–Crippen LogP) is 4.30. The number of nitrogens with one attached hydrogen (secondary N) is 1. The van der Waals surface area contributed by atoms with Gasteiger partial charge in [0.15, 0.2) is 0 Å². The van der Waals surface area contributed by atoms with Crippen LogP contribution >= 0.6 is 0 Å². The second-order valence-electron chi connectivity index (χ2n) is 4.99. The molecule has 1 N–H and O–H groups in total. The van der Waals surface area contributed by atoms with Gasteiger partial charge in [-0.3, -0.25) is 0 Å². The van der Waals surface area contributed by atoms with Gasteiger partial charge in [0.1, 0.15) is 0 Å². The van der Waals surface area contributed by atoms with Crippen molar-refractivity contribution >= 4 is 0 Å². The third-order valence-electron chi connectivity index (χ3n) is 3.55. The Bertz CT molecular complexity index is 394. The summed E-state index contributed by atoms with van der Waals surface area (Å²) in [6, 6.07) is 6.01. The highest BCUT2D eigenvalue weighted by Crippen LogP contribution is 2.31. The molecule has 0 radical (unpaired) electrons. The molecule has 1 saturated carbocycles. The molecule has 1 aliphatic rings. The maximum atomic E-state index is 12.6. The van der Waals surface area contributed by atoms with E-state index in [-0.39, 0.29) is 6.04 Å². The second-order valence-corrected chi connectivity index (χ2v) is 4.99. The first kappa shape index (κ1) is 13.4. The molecule has 0 heterocycles. The Balaban J connectivity index is 2.07. The molecule has 18 heavy (non-hydrogen) atoms. The zero-order valence-corrected chi connectivity index (χ0v) is 10.4. The lowest BCUT2D eigenvalue weighted by Crippen LogP contribution is -2.29. The average molecular weight is 257 g/mol. The molecular formula is C14H18F3N. The van der Waals surface area contributed by atoms with Crippen molar-refractivity contribution < 1.29 is 13.2 Å². The Morgan fingerprint density at radius 3 is 2.50 bits per heavy atom. The molecule has 1 aromatic rings. The normalized spacial score (nSPS) is 19.1. The third kappa shape index (κ3) is 3.25. The summed E-state index contributed by atoms with van der Waals surface area (Å²) in [5, 5.41) is 3.41. The first-order valence-corrected chi connectivity index (χ1v) is 6.40. The Morgan fingerprint density at radius 2 is 1.89 bits per heavy atom. The highest BCUT2D eigenvalue weighted by atomic mass is 19.4. The zero-order valence-electron chi connectivity index (χ0n) is 10.4. The summed E-state index contributed by atoms with van der Waals surface area (Å²) in [6.07, 6.45) is 0.426. The maximum absolute atomic E-state index is 12.6. The molecule has 1 aliphatic carbocycles. The van der Waals surface area contributed by atoms with Gasteiger partial charge >= 0.3 is 6.18 Å². The van der Waals surface area contributed by atoms with Crippen molar-refractivity contribution in [2.24, 2.45) is 0 Å². The molecule has 0 aliphatic heterocycles. The van der Waals surface area contributed by atoms with E-state index >= 15 is 0 Å². The molecule has 0 saturated heterocycles. The number of hydrogen-bond acceptors (Lipinski definition) is 1. The SMILES string of the molecule is CC(NC1CCCC1)c1cccc(C(F)(F)F)c1. The van der Waals surface area contributed by atoms with Crippen molar-refractivity contribution in [3.05, 3.63) is 35.4 Å². The fraction of sp³-hybridized carbons (Fsp3) is 0.571. The van der Waals surface area contributed by atoms with Crippen LogP contribution in [-0.2, 0) is 6.18 Å². The van der Waals surface area contributed by atoms with Gasteiger partial charge in [-0.1, -0.05) is 25.0 Å². The van der Waals surface area contributed by atoms with Gasteiger partial charge in [0.2, 0.25) is 0 Å². The van der Waals surface area contributed by atoms with Crippen LogP contribution in [0.4, 0.5) is 13.2 Å². The number of hydrogen-bond donors (Lipinski definition) is 1. The quantitative estimate of drug-likeness (QED) is 0.851. The van der Waals surface area contributed by atoms with Gasteiger partial charge in [-0.05, 0) is 37.5 Å². The fourth-order valence-electron chi connectivity index (χ4n) is 2.53. The number of halogens is 3. The van der Waals surface area contributed by atoms with E-state index in [1.807, 2.05) is 6.92 Å². The minimum absolute atomic E-state index is 0.0320. The minimum Gasteiger partial charge on any atom is -0.307 e. The third-order valence-corrected chi connectivity index (χ3v) is 3.55. The largest absolute Gasteiger partial charge is 0.416 e. The van der Waals surface area contributed by atoms with Crippen LogP contribution in [-0.4, -0.2) is 6.04 Å². The highest BCUT2D eigenvalue weighted by molar-refractivity contribution is 5.27. The van der Waals surface area contributed by atoms with E-state index < -0.39 is 11.7 Å². The summed E-state index contributed by atoms with van der Waals surface area (Å²) in [4.78, 5) is 0. The Labute approximate surface area is 105 Å². The van der Waals surface area contributed by atoms with Crippen molar-refractivity contribution in [1.29, 1.82) is 0 Å². The van der Waals surface area contributed by atoms with Crippen LogP contribution in [0.3, 0.4) is 0 Å². The van der Waals surface area contributed by atoms with E-state index in [2.05, 4.69) is 5.32 Å². The van der Waals surface area contributed by atoms with Gasteiger partial charge in [0.25, 0.3) is 0 Å². The molecule has 0 amide bonds. The van der Waals surface area contributed by atoms with Crippen LogP contribution in [0.25, 0.3) is 0 Å². The maximum Gasteiger partial charge on any atom is 0.416 e. The van der Waals surface area contributed by atoms with Crippen LogP contribution in [0.2, 0.25) is 0 Å². The monoisotopic (exact) mass is 257 g/mol. The predicted molar refractivity (Wildman–Crippen MR) is 65.3 cm³/mol. The van der Waals surface area contributed by atoms with Gasteiger partial charge < -0.3 is 5.32 Å². The number of benzene rings is 1. The van der Waals surface area contributed by atoms with E-state index in [1.54, 1.807) is 6.07 Å². The molecule has 1 aromatic carbocycles. The fourth-order valence-corrected chi connectivity index (χ4v) is 2.53. The lowest BCUT2D eigenvalue weighted by Gasteiger charge is -2.20. The summed E-state index contributed by atoms with van der Waals surface area (Å²) < 4.78 is 37.8. The molecule has 0 aromatic heterocycles. The van der Waals surface area contributed by atoms with Crippen LogP contribution in [0.15, 0.2) is 24.3 Å². The molecule has 100 valence electrons. The van der Waals surface area contributed by atoms with E-state index in [0.717, 1.165) is 18.9 Å². The van der Waals surface area contributed by atoms with Crippen molar-refractivity contribution in [2.45, 2.75) is 50.9 Å². The standard InChI is InChI=1S/C14H18F3N/c1-10(18-13-7-2-3-8-13)11-5-4-6-12(9-11)14(15,16)17/h4-6,9-10,13,18H,2-3,7-8H2,1H3. The van der Waals surface area contributed by atoms with Crippen molar-refractivity contribution in [1.82, 2.24) is 5.32 Å². The average Bonchev–Trinajstić information content (AvgIpc) is 2.81. The summed E-state index contributed by atoms with van der Waals surface area (Å²) >= 11 is 0. The van der Waals surface area contributed by atoms with E-state index in [9.17, 15) is 13.2 Å². The first-order valence-electron chi connectivity index (χ1n) is 6.40. The van der Waals surface area contributed by atoms with Gasteiger partial charge in [-0.15, -0.1) is 0 Å². The molecule has 1 atom stereocenters. The van der Waals surface area contributed by atoms with Gasteiger partial charge in [0.05, 0.1) is 5.56 Å². The summed E-state index contributed by atoms with van der Waals surface area (Å²) in [5.41, 5.74) is 0.136. The smallest absolute Gasteiger partial charge is 0.307 e. The summed E-state index contributed by atoms with van der Waals surface area (Å²) in [7, 11) is 0. The number of alkyl halides is 3. The van der Waals surface area contributed by atoms with E-state index in [0.29, 0.717) is 11.6 Å². The van der Waals surface area contributed by atoms with Crippen molar-refractivity contribution in [3.8, 4) is 0 Å². The lowest BCUT2D eigenvalue weighted by atomic mass is 10.0. The Kier molecular flexibility index (Phi) is 3.95. The van der Waals surface area contributed by atoms with Gasteiger partial charge in [0, 0.05) is 12.1 Å². The Morgan fingerprint density at radius 1 is 1.22 bits per heavy atom. The second kappa shape index (κ2) is 5.31. The summed E-state index contributed by atoms with van der Waals surface area (Å²) in [6.45, 7) is 1.92. The summed E-state index contributed by atoms with van der Waals surface area (Å²) in [5.74, 6) is 0. The Hall–Kier alpha value is -1.03. The molecule has 1 unspecified atom stereocenters. The first-order chi connectivity index (χ1) is 8.47. The van der Waals surface area contributed by atoms with Crippen LogP contribution < -0.4 is 5.32 Å². The molecule has 1 fully saturated rings. The lowest BCUT2D eigenvalue weighted by molar-refractivity contribution is -0.137. The molecule has 0 bridgehead atoms. The topological polar surface area (TPSA) is 12.0 Å². The van der Waals surface area contributed by atoms with E-state index in [4.69, 9.17) is 0 Å². The number of rotatable bonds is 3. The van der Waals surface area contributed by atoms with E-state index in [1.165, 1.54) is 25.0 Å². The molecule has 4 heteroatoms. The van der Waals surface area contributed by atoms with Crippen LogP contribution in [0.1, 0.15) is 49.8 Å². The molecular weight excluding hydrogens is 239 g/mol. The van der Waals surface area contributed by atoms with Gasteiger partial charge in [-0.25, -0.2) is 0 Å². The molecule has 1 nitrogen and oxygen atoms in total. The minimum atomic E-state index is -4.26. The van der Waals surface area contributed by atoms with Crippen LogP contribution in [0, 0.1) is 0 Å². The zero-order chi connectivity index (χ0) is 13.2. The van der Waals surface area contributed by atoms with Crippen molar-refractivity contribution in [2.75, 3.05) is 0 Å².